The van der Waals surface area contributed by atoms with Gasteiger partial charge in [-0.05, 0) is 43.9 Å². The second-order valence-corrected chi connectivity index (χ2v) is 8.79. The van der Waals surface area contributed by atoms with Crippen LogP contribution in [0.25, 0.3) is 0 Å². The molecule has 172 valence electrons. The zero-order valence-corrected chi connectivity index (χ0v) is 19.3. The van der Waals surface area contributed by atoms with E-state index >= 15 is 0 Å². The van der Waals surface area contributed by atoms with Crippen LogP contribution in [0.1, 0.15) is 45.1 Å². The molecule has 1 saturated heterocycles. The van der Waals surface area contributed by atoms with E-state index < -0.39 is 6.04 Å². The van der Waals surface area contributed by atoms with Gasteiger partial charge in [0.1, 0.15) is 6.04 Å². The molecule has 1 unspecified atom stereocenters. The summed E-state index contributed by atoms with van der Waals surface area (Å²) in [5.41, 5.74) is 0.836. The number of benzene rings is 1. The highest BCUT2D eigenvalue weighted by Crippen LogP contribution is 2.35. The van der Waals surface area contributed by atoms with Gasteiger partial charge in [-0.3, -0.25) is 24.1 Å². The van der Waals surface area contributed by atoms with Crippen molar-refractivity contribution in [3.05, 3.63) is 47.0 Å². The number of halogens is 1. The molecule has 2 aliphatic rings. The molecule has 0 bridgehead atoms. The smallest absolute Gasteiger partial charge is 0.242 e. The molecule has 1 aromatic rings. The maximum Gasteiger partial charge on any atom is 0.242 e. The topological polar surface area (TPSA) is 86.8 Å². The predicted molar refractivity (Wildman–Crippen MR) is 121 cm³/mol. The van der Waals surface area contributed by atoms with Gasteiger partial charge >= 0.3 is 0 Å². The lowest BCUT2D eigenvalue weighted by Gasteiger charge is -2.29. The van der Waals surface area contributed by atoms with Gasteiger partial charge in [0, 0.05) is 31.1 Å². The van der Waals surface area contributed by atoms with Crippen molar-refractivity contribution in [2.45, 2.75) is 52.1 Å². The molecule has 32 heavy (non-hydrogen) atoms. The van der Waals surface area contributed by atoms with Crippen molar-refractivity contribution >= 4 is 35.2 Å². The Morgan fingerprint density at radius 2 is 1.72 bits per heavy atom. The van der Waals surface area contributed by atoms with E-state index in [1.807, 2.05) is 31.2 Å². The highest BCUT2D eigenvalue weighted by molar-refractivity contribution is 6.30. The second-order valence-electron chi connectivity index (χ2n) is 8.35. The van der Waals surface area contributed by atoms with Crippen LogP contribution in [0.5, 0.6) is 0 Å². The minimum absolute atomic E-state index is 0.0245. The molecule has 1 aliphatic heterocycles. The van der Waals surface area contributed by atoms with Crippen LogP contribution in [0.4, 0.5) is 0 Å². The highest BCUT2D eigenvalue weighted by Gasteiger charge is 2.47. The first kappa shape index (κ1) is 24.0. The minimum atomic E-state index is -0.693. The summed E-state index contributed by atoms with van der Waals surface area (Å²) in [6, 6.07) is 6.40. The zero-order valence-electron chi connectivity index (χ0n) is 18.6. The van der Waals surface area contributed by atoms with E-state index in [1.165, 1.54) is 9.80 Å². The molecule has 7 nitrogen and oxygen atoms in total. The highest BCUT2D eigenvalue weighted by atomic mass is 35.5. The van der Waals surface area contributed by atoms with E-state index in [0.29, 0.717) is 24.4 Å². The van der Waals surface area contributed by atoms with E-state index in [4.69, 9.17) is 11.6 Å². The number of allylic oxidation sites excluding steroid dienone is 2. The van der Waals surface area contributed by atoms with Crippen LogP contribution in [-0.2, 0) is 25.7 Å². The number of nitrogens with one attached hydrogen (secondary N) is 1. The van der Waals surface area contributed by atoms with Gasteiger partial charge in [0.25, 0.3) is 0 Å². The molecule has 1 N–H and O–H groups in total. The fraction of sp³-hybridized carbons (Fsp3) is 0.500. The van der Waals surface area contributed by atoms with Gasteiger partial charge in [0.05, 0.1) is 11.8 Å². The van der Waals surface area contributed by atoms with Gasteiger partial charge in [0.15, 0.2) is 0 Å². The molecule has 3 atom stereocenters. The number of likely N-dealkylation sites (tertiary alicyclic amines) is 1. The maximum atomic E-state index is 13.2. The van der Waals surface area contributed by atoms with Crippen molar-refractivity contribution in [1.29, 1.82) is 0 Å². The van der Waals surface area contributed by atoms with Crippen LogP contribution < -0.4 is 5.32 Å². The number of hydrogen-bond donors (Lipinski definition) is 1. The molecule has 1 aliphatic carbocycles. The van der Waals surface area contributed by atoms with Crippen molar-refractivity contribution in [2.75, 3.05) is 13.1 Å². The Kier molecular flexibility index (Phi) is 8.07. The molecule has 4 amide bonds. The van der Waals surface area contributed by atoms with Gasteiger partial charge < -0.3 is 10.2 Å². The number of hydrogen-bond acceptors (Lipinski definition) is 4. The minimum Gasteiger partial charge on any atom is -0.354 e. The van der Waals surface area contributed by atoms with Gasteiger partial charge in [0.2, 0.25) is 23.6 Å². The fourth-order valence-electron chi connectivity index (χ4n) is 4.21. The molecule has 1 aromatic carbocycles. The average molecular weight is 460 g/mol. The lowest BCUT2D eigenvalue weighted by atomic mass is 9.85. The van der Waals surface area contributed by atoms with Gasteiger partial charge in [-0.15, -0.1) is 0 Å². The van der Waals surface area contributed by atoms with Crippen LogP contribution in [0.3, 0.4) is 0 Å². The van der Waals surface area contributed by atoms with Crippen molar-refractivity contribution in [3.63, 3.8) is 0 Å². The Hall–Kier alpha value is -2.67. The molecule has 0 aromatic heterocycles. The Bertz CT molecular complexity index is 873. The van der Waals surface area contributed by atoms with Crippen LogP contribution in [0, 0.1) is 11.8 Å². The normalized spacial score (nSPS) is 20.8. The van der Waals surface area contributed by atoms with Crippen LogP contribution >= 0.6 is 11.6 Å². The lowest BCUT2D eigenvalue weighted by Crippen LogP contribution is -2.48. The van der Waals surface area contributed by atoms with Crippen molar-refractivity contribution in [3.8, 4) is 0 Å². The summed E-state index contributed by atoms with van der Waals surface area (Å²) < 4.78 is 0. The zero-order chi connectivity index (χ0) is 23.3. The third-order valence-electron chi connectivity index (χ3n) is 6.13. The third-order valence-corrected chi connectivity index (χ3v) is 6.38. The largest absolute Gasteiger partial charge is 0.354 e. The summed E-state index contributed by atoms with van der Waals surface area (Å²) in [5, 5.41) is 3.41. The number of fused-ring (bicyclic) bond motifs is 1. The predicted octanol–water partition coefficient (Wildman–Crippen LogP) is 2.92. The molecular formula is C24H30ClN3O4. The van der Waals surface area contributed by atoms with Gasteiger partial charge in [-0.2, -0.15) is 0 Å². The summed E-state index contributed by atoms with van der Waals surface area (Å²) in [6.07, 6.45) is 5.77. The number of imide groups is 1. The molecule has 0 spiro atoms. The third kappa shape index (κ3) is 5.38. The second kappa shape index (κ2) is 10.8. The van der Waals surface area contributed by atoms with Crippen LogP contribution in [0.2, 0.25) is 5.02 Å². The molecule has 0 radical (unpaired) electrons. The number of amides is 4. The van der Waals surface area contributed by atoms with Crippen molar-refractivity contribution in [2.24, 2.45) is 11.8 Å². The molecule has 1 fully saturated rings. The van der Waals surface area contributed by atoms with E-state index in [2.05, 4.69) is 5.32 Å². The molecular weight excluding hydrogens is 430 g/mol. The standard InChI is InChI=1S/C24H30ClN3O4/c1-3-13-26-22(30)16(2)28(15-17-8-10-18(25)11-9-17)21(29)12-14-27-23(31)19-6-4-5-7-20(19)24(27)32/h4-5,8-11,16,19-20H,3,6-7,12-15H2,1-2H3,(H,26,30)/t16?,19-,20+. The monoisotopic (exact) mass is 459 g/mol. The van der Waals surface area contributed by atoms with Crippen LogP contribution in [0.15, 0.2) is 36.4 Å². The molecule has 1 heterocycles. The van der Waals surface area contributed by atoms with E-state index in [-0.39, 0.29) is 55.0 Å². The van der Waals surface area contributed by atoms with Crippen molar-refractivity contribution < 1.29 is 19.2 Å². The number of carbonyl (C=O) groups is 4. The Morgan fingerprint density at radius 1 is 1.12 bits per heavy atom. The Labute approximate surface area is 193 Å². The summed E-state index contributed by atoms with van der Waals surface area (Å²) >= 11 is 5.96. The van der Waals surface area contributed by atoms with Gasteiger partial charge in [-0.1, -0.05) is 42.8 Å². The van der Waals surface area contributed by atoms with Crippen molar-refractivity contribution in [1.82, 2.24) is 15.1 Å². The average Bonchev–Trinajstić information content (AvgIpc) is 3.04. The first-order valence-electron chi connectivity index (χ1n) is 11.1. The summed E-state index contributed by atoms with van der Waals surface area (Å²) in [7, 11) is 0. The van der Waals surface area contributed by atoms with Gasteiger partial charge in [-0.25, -0.2) is 0 Å². The molecule has 8 heteroatoms. The summed E-state index contributed by atoms with van der Waals surface area (Å²) in [4.78, 5) is 53.8. The van der Waals surface area contributed by atoms with E-state index in [1.54, 1.807) is 19.1 Å². The first-order valence-corrected chi connectivity index (χ1v) is 11.5. The van der Waals surface area contributed by atoms with Crippen LogP contribution in [-0.4, -0.2) is 52.6 Å². The Morgan fingerprint density at radius 3 is 2.28 bits per heavy atom. The lowest BCUT2D eigenvalue weighted by molar-refractivity contribution is -0.143. The fourth-order valence-corrected chi connectivity index (χ4v) is 4.33. The summed E-state index contributed by atoms with van der Waals surface area (Å²) in [5.74, 6) is -1.55. The molecule has 3 rings (SSSR count). The van der Waals surface area contributed by atoms with E-state index in [9.17, 15) is 19.2 Å². The van der Waals surface area contributed by atoms with E-state index in [0.717, 1.165) is 12.0 Å². The SMILES string of the molecule is CCCNC(=O)C(C)N(Cc1ccc(Cl)cc1)C(=O)CCN1C(=O)[C@H]2CC=CC[C@H]2C1=O. The number of rotatable bonds is 9. The summed E-state index contributed by atoms with van der Waals surface area (Å²) in [6.45, 7) is 4.43. The first-order chi connectivity index (χ1) is 15.3. The maximum absolute atomic E-state index is 13.2. The number of nitrogens with zero attached hydrogens (tertiary/aromatic N) is 2. The quantitative estimate of drug-likeness (QED) is 0.454. The molecule has 0 saturated carbocycles. The number of carbonyl (C=O) groups excluding carboxylic acids is 4. The Balaban J connectivity index is 1.70.